The molecule has 1 heterocycles. The van der Waals surface area contributed by atoms with Crippen LogP contribution < -0.4 is 10.2 Å². The van der Waals surface area contributed by atoms with Crippen molar-refractivity contribution in [1.29, 1.82) is 0 Å². The third-order valence-corrected chi connectivity index (χ3v) is 5.21. The molecular weight excluding hydrogens is 437 g/mol. The van der Waals surface area contributed by atoms with Gasteiger partial charge in [-0.15, -0.1) is 0 Å². The van der Waals surface area contributed by atoms with Crippen molar-refractivity contribution in [2.24, 2.45) is 5.92 Å². The number of hydrogen-bond acceptors (Lipinski definition) is 3. The standard InChI is InChI=1S/C20H18BrF3N2O2/c21-16-9-15(20(22,23)24)10-17(11-16)25-19(28)14-5-7-26(8-6-14)18-3-1-13(12-27)2-4-18/h1-4,9-12,14H,5-8H2,(H,25,28). The van der Waals surface area contributed by atoms with Crippen molar-refractivity contribution in [2.45, 2.75) is 19.0 Å². The van der Waals surface area contributed by atoms with Gasteiger partial charge in [-0.3, -0.25) is 9.59 Å². The highest BCUT2D eigenvalue weighted by Crippen LogP contribution is 2.34. The average Bonchev–Trinajstić information content (AvgIpc) is 2.67. The SMILES string of the molecule is O=Cc1ccc(N2CCC(C(=O)Nc3cc(Br)cc(C(F)(F)F)c3)CC2)cc1. The quantitative estimate of drug-likeness (QED) is 0.651. The van der Waals surface area contributed by atoms with Gasteiger partial charge in [0.1, 0.15) is 6.29 Å². The minimum absolute atomic E-state index is 0.124. The molecule has 1 aliphatic rings. The number of nitrogens with one attached hydrogen (secondary N) is 1. The minimum Gasteiger partial charge on any atom is -0.371 e. The molecule has 1 N–H and O–H groups in total. The summed E-state index contributed by atoms with van der Waals surface area (Å²) in [5.41, 5.74) is 0.890. The Kier molecular flexibility index (Phi) is 6.07. The van der Waals surface area contributed by atoms with Crippen molar-refractivity contribution in [3.8, 4) is 0 Å². The van der Waals surface area contributed by atoms with Crippen LogP contribution in [0.1, 0.15) is 28.8 Å². The topological polar surface area (TPSA) is 49.4 Å². The highest BCUT2D eigenvalue weighted by atomic mass is 79.9. The lowest BCUT2D eigenvalue weighted by atomic mass is 9.95. The fraction of sp³-hybridized carbons (Fsp3) is 0.300. The summed E-state index contributed by atoms with van der Waals surface area (Å²) in [6.45, 7) is 1.32. The molecule has 1 amide bonds. The molecule has 0 spiro atoms. The number of amides is 1. The second-order valence-corrected chi connectivity index (χ2v) is 7.60. The maximum Gasteiger partial charge on any atom is 0.416 e. The molecule has 0 atom stereocenters. The molecule has 148 valence electrons. The first-order valence-corrected chi connectivity index (χ1v) is 9.54. The zero-order valence-corrected chi connectivity index (χ0v) is 16.4. The van der Waals surface area contributed by atoms with E-state index in [1.54, 1.807) is 12.1 Å². The summed E-state index contributed by atoms with van der Waals surface area (Å²) < 4.78 is 39.1. The lowest BCUT2D eigenvalue weighted by molar-refractivity contribution is -0.137. The molecule has 4 nitrogen and oxygen atoms in total. The third kappa shape index (κ3) is 4.92. The van der Waals surface area contributed by atoms with E-state index in [0.717, 1.165) is 24.1 Å². The van der Waals surface area contributed by atoms with Crippen LogP contribution in [0.25, 0.3) is 0 Å². The van der Waals surface area contributed by atoms with Crippen molar-refractivity contribution in [2.75, 3.05) is 23.3 Å². The monoisotopic (exact) mass is 454 g/mol. The molecule has 3 rings (SSSR count). The van der Waals surface area contributed by atoms with Crippen molar-refractivity contribution in [3.63, 3.8) is 0 Å². The fourth-order valence-corrected chi connectivity index (χ4v) is 3.73. The Labute approximate surface area is 168 Å². The maximum atomic E-state index is 12.9. The van der Waals surface area contributed by atoms with Crippen molar-refractivity contribution in [1.82, 2.24) is 0 Å². The zero-order chi connectivity index (χ0) is 20.3. The van der Waals surface area contributed by atoms with E-state index in [0.29, 0.717) is 31.5 Å². The summed E-state index contributed by atoms with van der Waals surface area (Å²) in [7, 11) is 0. The van der Waals surface area contributed by atoms with Gasteiger partial charge >= 0.3 is 6.18 Å². The maximum absolute atomic E-state index is 12.9. The molecule has 1 fully saturated rings. The van der Waals surface area contributed by atoms with Crippen molar-refractivity contribution in [3.05, 3.63) is 58.1 Å². The Morgan fingerprint density at radius 3 is 2.32 bits per heavy atom. The predicted octanol–water partition coefficient (Wildman–Crippen LogP) is 5.14. The molecule has 28 heavy (non-hydrogen) atoms. The van der Waals surface area contributed by atoms with Crippen LogP contribution in [0.2, 0.25) is 0 Å². The van der Waals surface area contributed by atoms with Crippen LogP contribution in [-0.4, -0.2) is 25.3 Å². The highest BCUT2D eigenvalue weighted by Gasteiger charge is 2.31. The number of hydrogen-bond donors (Lipinski definition) is 1. The van der Waals surface area contributed by atoms with Gasteiger partial charge in [-0.05, 0) is 55.3 Å². The van der Waals surface area contributed by atoms with Gasteiger partial charge in [0.25, 0.3) is 0 Å². The Morgan fingerprint density at radius 2 is 1.75 bits per heavy atom. The first-order valence-electron chi connectivity index (χ1n) is 8.75. The van der Waals surface area contributed by atoms with E-state index in [1.165, 1.54) is 6.07 Å². The fourth-order valence-electron chi connectivity index (χ4n) is 3.23. The van der Waals surface area contributed by atoms with Gasteiger partial charge in [-0.25, -0.2) is 0 Å². The number of anilines is 2. The number of carbonyl (C=O) groups excluding carboxylic acids is 2. The van der Waals surface area contributed by atoms with Crippen LogP contribution in [0.15, 0.2) is 46.9 Å². The molecule has 0 aliphatic carbocycles. The number of nitrogens with zero attached hydrogens (tertiary/aromatic N) is 1. The lowest BCUT2D eigenvalue weighted by Crippen LogP contribution is -2.38. The first kappa shape index (κ1) is 20.4. The summed E-state index contributed by atoms with van der Waals surface area (Å²) in [5.74, 6) is -0.541. The summed E-state index contributed by atoms with van der Waals surface area (Å²) in [4.78, 5) is 25.4. The van der Waals surface area contributed by atoms with Gasteiger partial charge in [0, 0.05) is 40.4 Å². The number of piperidine rings is 1. The minimum atomic E-state index is -4.48. The molecule has 2 aromatic rings. The first-order chi connectivity index (χ1) is 13.3. The van der Waals surface area contributed by atoms with Crippen LogP contribution in [0.3, 0.4) is 0 Å². The smallest absolute Gasteiger partial charge is 0.371 e. The molecule has 2 aromatic carbocycles. The van der Waals surface area contributed by atoms with E-state index in [4.69, 9.17) is 0 Å². The van der Waals surface area contributed by atoms with Gasteiger partial charge in [0.15, 0.2) is 0 Å². The van der Waals surface area contributed by atoms with Crippen molar-refractivity contribution < 1.29 is 22.8 Å². The summed E-state index contributed by atoms with van der Waals surface area (Å²) in [5, 5.41) is 2.61. The van der Waals surface area contributed by atoms with E-state index in [1.807, 2.05) is 12.1 Å². The summed E-state index contributed by atoms with van der Waals surface area (Å²) >= 11 is 3.06. The number of rotatable bonds is 4. The Balaban J connectivity index is 1.61. The van der Waals surface area contributed by atoms with Gasteiger partial charge in [0.05, 0.1) is 5.56 Å². The zero-order valence-electron chi connectivity index (χ0n) is 14.8. The highest BCUT2D eigenvalue weighted by molar-refractivity contribution is 9.10. The normalized spacial score (nSPS) is 15.4. The molecular formula is C20H18BrF3N2O2. The van der Waals surface area contributed by atoms with E-state index in [-0.39, 0.29) is 22.0 Å². The van der Waals surface area contributed by atoms with Crippen LogP contribution >= 0.6 is 15.9 Å². The van der Waals surface area contributed by atoms with Gasteiger partial charge in [-0.1, -0.05) is 15.9 Å². The van der Waals surface area contributed by atoms with Gasteiger partial charge in [-0.2, -0.15) is 13.2 Å². The Hall–Kier alpha value is -2.35. The number of aldehydes is 1. The van der Waals surface area contributed by atoms with E-state index >= 15 is 0 Å². The molecule has 0 saturated carbocycles. The predicted molar refractivity (Wildman–Crippen MR) is 105 cm³/mol. The average molecular weight is 455 g/mol. The molecule has 0 radical (unpaired) electrons. The molecule has 1 aliphatic heterocycles. The molecule has 0 unspecified atom stereocenters. The number of benzene rings is 2. The summed E-state index contributed by atoms with van der Waals surface area (Å²) in [6.07, 6.45) is -2.50. The van der Waals surface area contributed by atoms with E-state index in [9.17, 15) is 22.8 Å². The van der Waals surface area contributed by atoms with Gasteiger partial charge < -0.3 is 10.2 Å². The molecule has 0 bridgehead atoms. The van der Waals surface area contributed by atoms with E-state index < -0.39 is 11.7 Å². The largest absolute Gasteiger partial charge is 0.416 e. The van der Waals surface area contributed by atoms with Crippen LogP contribution in [0.4, 0.5) is 24.5 Å². The number of halogens is 4. The molecule has 8 heteroatoms. The number of alkyl halides is 3. The van der Waals surface area contributed by atoms with Crippen LogP contribution in [0.5, 0.6) is 0 Å². The third-order valence-electron chi connectivity index (χ3n) is 4.75. The van der Waals surface area contributed by atoms with Crippen molar-refractivity contribution >= 4 is 39.5 Å². The molecule has 1 saturated heterocycles. The molecule has 0 aromatic heterocycles. The summed E-state index contributed by atoms with van der Waals surface area (Å²) in [6, 6.07) is 10.6. The second kappa shape index (κ2) is 8.34. The second-order valence-electron chi connectivity index (χ2n) is 6.69. The Morgan fingerprint density at radius 1 is 1.11 bits per heavy atom. The van der Waals surface area contributed by atoms with E-state index in [2.05, 4.69) is 26.1 Å². The van der Waals surface area contributed by atoms with Gasteiger partial charge in [0.2, 0.25) is 5.91 Å². The lowest BCUT2D eigenvalue weighted by Gasteiger charge is -2.33. The Bertz CT molecular complexity index is 861. The number of carbonyl (C=O) groups is 2. The van der Waals surface area contributed by atoms with Crippen LogP contribution in [-0.2, 0) is 11.0 Å². The van der Waals surface area contributed by atoms with Crippen LogP contribution in [0, 0.1) is 5.92 Å².